The minimum Gasteiger partial charge on any atom is -0.325 e. The highest BCUT2D eigenvalue weighted by atomic mass is 32.2. The number of carbonyl (C=O) groups excluding carboxylic acids is 1. The SMILES string of the molecule is Cc1cccc(NS(=O)(=O)c2cc(NC(=O)C3(c4ccccc4)CC3)ccc2C)c1. The second-order valence-corrected chi connectivity index (χ2v) is 9.51. The van der Waals surface area contributed by atoms with Gasteiger partial charge in [0.15, 0.2) is 0 Å². The van der Waals surface area contributed by atoms with Crippen LogP contribution in [0.25, 0.3) is 0 Å². The highest BCUT2D eigenvalue weighted by molar-refractivity contribution is 7.92. The van der Waals surface area contributed by atoms with Gasteiger partial charge in [-0.2, -0.15) is 0 Å². The molecular formula is C24H24N2O3S. The maximum Gasteiger partial charge on any atom is 0.262 e. The van der Waals surface area contributed by atoms with Gasteiger partial charge in [-0.25, -0.2) is 8.42 Å². The van der Waals surface area contributed by atoms with Crippen LogP contribution in [0.4, 0.5) is 11.4 Å². The van der Waals surface area contributed by atoms with E-state index in [9.17, 15) is 13.2 Å². The largest absolute Gasteiger partial charge is 0.325 e. The van der Waals surface area contributed by atoms with Gasteiger partial charge in [0.05, 0.1) is 10.3 Å². The molecule has 0 aliphatic heterocycles. The minimum absolute atomic E-state index is 0.104. The van der Waals surface area contributed by atoms with Crippen molar-refractivity contribution in [1.82, 2.24) is 0 Å². The van der Waals surface area contributed by atoms with Gasteiger partial charge in [-0.1, -0.05) is 48.5 Å². The minimum atomic E-state index is -3.79. The molecule has 30 heavy (non-hydrogen) atoms. The van der Waals surface area contributed by atoms with E-state index in [1.165, 1.54) is 6.07 Å². The molecule has 0 bridgehead atoms. The van der Waals surface area contributed by atoms with Gasteiger partial charge >= 0.3 is 0 Å². The maximum atomic E-state index is 13.0. The molecule has 1 saturated carbocycles. The quantitative estimate of drug-likeness (QED) is 0.603. The zero-order chi connectivity index (χ0) is 21.4. The second kappa shape index (κ2) is 7.61. The van der Waals surface area contributed by atoms with Crippen LogP contribution in [0.5, 0.6) is 0 Å². The summed E-state index contributed by atoms with van der Waals surface area (Å²) in [5.74, 6) is -0.104. The summed E-state index contributed by atoms with van der Waals surface area (Å²) in [4.78, 5) is 13.1. The predicted octanol–water partition coefficient (Wildman–Crippen LogP) is 4.77. The van der Waals surface area contributed by atoms with Crippen molar-refractivity contribution in [1.29, 1.82) is 0 Å². The Bertz CT molecular complexity index is 1200. The van der Waals surface area contributed by atoms with Crippen molar-refractivity contribution in [3.8, 4) is 0 Å². The Morgan fingerprint density at radius 2 is 1.60 bits per heavy atom. The Labute approximate surface area is 177 Å². The van der Waals surface area contributed by atoms with Crippen LogP contribution < -0.4 is 10.0 Å². The number of carbonyl (C=O) groups is 1. The summed E-state index contributed by atoms with van der Waals surface area (Å²) in [5.41, 5.74) is 3.01. The van der Waals surface area contributed by atoms with Crippen LogP contribution >= 0.6 is 0 Å². The third-order valence-corrected chi connectivity index (χ3v) is 7.04. The molecule has 0 saturated heterocycles. The normalized spacial score (nSPS) is 14.7. The topological polar surface area (TPSA) is 75.3 Å². The van der Waals surface area contributed by atoms with Gasteiger partial charge < -0.3 is 5.32 Å². The molecule has 6 heteroatoms. The van der Waals surface area contributed by atoms with Crippen molar-refractivity contribution in [2.45, 2.75) is 37.0 Å². The second-order valence-electron chi connectivity index (χ2n) is 7.86. The molecule has 1 amide bonds. The summed E-state index contributed by atoms with van der Waals surface area (Å²) in [6.45, 7) is 3.64. The van der Waals surface area contributed by atoms with Crippen LogP contribution in [0.1, 0.15) is 29.5 Å². The van der Waals surface area contributed by atoms with Gasteiger partial charge in [-0.05, 0) is 67.6 Å². The lowest BCUT2D eigenvalue weighted by molar-refractivity contribution is -0.118. The molecule has 154 valence electrons. The summed E-state index contributed by atoms with van der Waals surface area (Å²) in [7, 11) is -3.79. The van der Waals surface area contributed by atoms with Gasteiger partial charge in [-0.15, -0.1) is 0 Å². The molecule has 0 aromatic heterocycles. The number of sulfonamides is 1. The monoisotopic (exact) mass is 420 g/mol. The van der Waals surface area contributed by atoms with Crippen molar-refractivity contribution >= 4 is 27.3 Å². The molecule has 3 aromatic rings. The van der Waals surface area contributed by atoms with Crippen LogP contribution in [-0.4, -0.2) is 14.3 Å². The first-order valence-corrected chi connectivity index (χ1v) is 11.4. The molecule has 1 aliphatic rings. The molecule has 0 atom stereocenters. The molecule has 0 heterocycles. The third kappa shape index (κ3) is 3.96. The van der Waals surface area contributed by atoms with E-state index in [4.69, 9.17) is 0 Å². The van der Waals surface area contributed by atoms with Gasteiger partial charge in [0.1, 0.15) is 0 Å². The van der Waals surface area contributed by atoms with Crippen LogP contribution in [0.15, 0.2) is 77.7 Å². The fourth-order valence-electron chi connectivity index (χ4n) is 3.67. The molecule has 4 rings (SSSR count). The average Bonchev–Trinajstić information content (AvgIpc) is 3.52. The van der Waals surface area contributed by atoms with E-state index >= 15 is 0 Å². The fraction of sp³-hybridized carbons (Fsp3) is 0.208. The van der Waals surface area contributed by atoms with Crippen LogP contribution in [0, 0.1) is 13.8 Å². The van der Waals surface area contributed by atoms with Crippen LogP contribution in [0.3, 0.4) is 0 Å². The Balaban J connectivity index is 1.58. The number of rotatable bonds is 6. The number of hydrogen-bond acceptors (Lipinski definition) is 3. The molecule has 2 N–H and O–H groups in total. The first-order valence-electron chi connectivity index (χ1n) is 9.87. The first-order chi connectivity index (χ1) is 14.3. The third-order valence-electron chi connectivity index (χ3n) is 5.52. The summed E-state index contributed by atoms with van der Waals surface area (Å²) in [6.07, 6.45) is 1.57. The van der Waals surface area contributed by atoms with Crippen LogP contribution in [0.2, 0.25) is 0 Å². The predicted molar refractivity (Wildman–Crippen MR) is 119 cm³/mol. The highest BCUT2D eigenvalue weighted by Gasteiger charge is 2.51. The lowest BCUT2D eigenvalue weighted by Gasteiger charge is -2.17. The van der Waals surface area contributed by atoms with Crippen molar-refractivity contribution < 1.29 is 13.2 Å². The van der Waals surface area contributed by atoms with Gasteiger partial charge in [0, 0.05) is 11.4 Å². The fourth-order valence-corrected chi connectivity index (χ4v) is 4.99. The Hall–Kier alpha value is -3.12. The van der Waals surface area contributed by atoms with Gasteiger partial charge in [0.2, 0.25) is 5.91 Å². The summed E-state index contributed by atoms with van der Waals surface area (Å²) in [6, 6.07) is 21.9. The van der Waals surface area contributed by atoms with Crippen molar-refractivity contribution in [3.63, 3.8) is 0 Å². The molecule has 1 fully saturated rings. The Morgan fingerprint density at radius 1 is 0.867 bits per heavy atom. The summed E-state index contributed by atoms with van der Waals surface area (Å²) >= 11 is 0. The van der Waals surface area contributed by atoms with E-state index in [2.05, 4.69) is 10.0 Å². The zero-order valence-electron chi connectivity index (χ0n) is 17.0. The number of anilines is 2. The molecular weight excluding hydrogens is 396 g/mol. The van der Waals surface area contributed by atoms with Gasteiger partial charge in [0.25, 0.3) is 10.0 Å². The Morgan fingerprint density at radius 3 is 2.27 bits per heavy atom. The van der Waals surface area contributed by atoms with E-state index < -0.39 is 15.4 Å². The van der Waals surface area contributed by atoms with Crippen molar-refractivity contribution in [3.05, 3.63) is 89.5 Å². The molecule has 5 nitrogen and oxygen atoms in total. The lowest BCUT2D eigenvalue weighted by atomic mass is 9.95. The van der Waals surface area contributed by atoms with E-state index in [1.807, 2.05) is 43.3 Å². The molecule has 3 aromatic carbocycles. The zero-order valence-corrected chi connectivity index (χ0v) is 17.8. The number of aryl methyl sites for hydroxylation is 2. The van der Waals surface area contributed by atoms with E-state index in [0.29, 0.717) is 16.9 Å². The van der Waals surface area contributed by atoms with Gasteiger partial charge in [-0.3, -0.25) is 9.52 Å². The summed E-state index contributed by atoms with van der Waals surface area (Å²) < 4.78 is 28.6. The average molecular weight is 421 g/mol. The number of amides is 1. The number of nitrogens with one attached hydrogen (secondary N) is 2. The smallest absolute Gasteiger partial charge is 0.262 e. The van der Waals surface area contributed by atoms with Crippen molar-refractivity contribution in [2.75, 3.05) is 10.0 Å². The molecule has 1 aliphatic carbocycles. The van der Waals surface area contributed by atoms with E-state index in [-0.39, 0.29) is 10.8 Å². The lowest BCUT2D eigenvalue weighted by Crippen LogP contribution is -2.28. The number of hydrogen-bond donors (Lipinski definition) is 2. The van der Waals surface area contributed by atoms with E-state index in [0.717, 1.165) is 24.0 Å². The summed E-state index contributed by atoms with van der Waals surface area (Å²) in [5, 5.41) is 2.92. The van der Waals surface area contributed by atoms with Crippen molar-refractivity contribution in [2.24, 2.45) is 0 Å². The maximum absolute atomic E-state index is 13.0. The standard InChI is InChI=1S/C24H24N2O3S/c1-17-7-6-10-21(15-17)26-30(28,29)22-16-20(12-11-18(22)2)25-23(27)24(13-14-24)19-8-4-3-5-9-19/h3-12,15-16,26H,13-14H2,1-2H3,(H,25,27). The Kier molecular flexibility index (Phi) is 5.12. The highest BCUT2D eigenvalue weighted by Crippen LogP contribution is 2.49. The number of benzene rings is 3. The molecule has 0 radical (unpaired) electrons. The first kappa shape index (κ1) is 20.2. The molecule has 0 unspecified atom stereocenters. The molecule has 0 spiro atoms. The van der Waals surface area contributed by atoms with E-state index in [1.54, 1.807) is 37.3 Å². The van der Waals surface area contributed by atoms with Crippen LogP contribution in [-0.2, 0) is 20.2 Å².